The quantitative estimate of drug-likeness (QED) is 0.418. The minimum Gasteiger partial charge on any atom is -0.497 e. The molecule has 1 aliphatic heterocycles. The number of rotatable bonds is 10. The zero-order chi connectivity index (χ0) is 26.4. The second-order valence-corrected chi connectivity index (χ2v) is 9.14. The van der Waals surface area contributed by atoms with Crippen LogP contribution in [-0.2, 0) is 13.0 Å². The second-order valence-electron chi connectivity index (χ2n) is 9.14. The van der Waals surface area contributed by atoms with Gasteiger partial charge < -0.3 is 24.3 Å². The third kappa shape index (κ3) is 5.83. The molecular formula is C30H36N2O5. The van der Waals surface area contributed by atoms with E-state index in [-0.39, 0.29) is 18.0 Å². The Balaban J connectivity index is 1.70. The molecule has 0 aliphatic carbocycles. The molecule has 4 rings (SSSR count). The van der Waals surface area contributed by atoms with Gasteiger partial charge in [-0.05, 0) is 72.0 Å². The van der Waals surface area contributed by atoms with E-state index in [1.54, 1.807) is 34.5 Å². The highest BCUT2D eigenvalue weighted by Crippen LogP contribution is 2.40. The molecule has 1 aliphatic rings. The lowest BCUT2D eigenvalue weighted by atomic mass is 9.86. The van der Waals surface area contributed by atoms with Crippen LogP contribution in [0.3, 0.4) is 0 Å². The van der Waals surface area contributed by atoms with Gasteiger partial charge in [-0.15, -0.1) is 0 Å². The number of methoxy groups -OCH3 is 4. The molecule has 7 nitrogen and oxygen atoms in total. The van der Waals surface area contributed by atoms with Crippen molar-refractivity contribution < 1.29 is 23.7 Å². The van der Waals surface area contributed by atoms with Crippen molar-refractivity contribution in [3.8, 4) is 23.0 Å². The molecule has 3 aromatic rings. The van der Waals surface area contributed by atoms with Crippen molar-refractivity contribution in [3.63, 3.8) is 0 Å². The van der Waals surface area contributed by atoms with Crippen LogP contribution < -0.4 is 24.3 Å². The maximum atomic E-state index is 13.4. The van der Waals surface area contributed by atoms with E-state index >= 15 is 0 Å². The Morgan fingerprint density at radius 1 is 0.919 bits per heavy atom. The molecular weight excluding hydrogens is 468 g/mol. The summed E-state index contributed by atoms with van der Waals surface area (Å²) in [5, 5.41) is 3.32. The Bertz CT molecular complexity index is 1210. The molecule has 0 spiro atoms. The van der Waals surface area contributed by atoms with E-state index in [9.17, 15) is 4.79 Å². The van der Waals surface area contributed by atoms with Gasteiger partial charge >= 0.3 is 0 Å². The number of carbonyl (C=O) groups excluding carboxylic acids is 1. The number of carbonyl (C=O) groups is 1. The van der Waals surface area contributed by atoms with Crippen LogP contribution in [0.2, 0.25) is 0 Å². The summed E-state index contributed by atoms with van der Waals surface area (Å²) in [6, 6.07) is 19.4. The van der Waals surface area contributed by atoms with Gasteiger partial charge in [-0.25, -0.2) is 0 Å². The molecule has 0 aromatic heterocycles. The zero-order valence-corrected chi connectivity index (χ0v) is 22.2. The fourth-order valence-electron chi connectivity index (χ4n) is 5.06. The van der Waals surface area contributed by atoms with Crippen LogP contribution in [0.4, 0.5) is 0 Å². The number of nitrogens with zero attached hydrogens (tertiary/aromatic N) is 1. The zero-order valence-electron chi connectivity index (χ0n) is 22.2. The smallest absolute Gasteiger partial charge is 0.251 e. The molecule has 3 aromatic carbocycles. The van der Waals surface area contributed by atoms with E-state index < -0.39 is 0 Å². The van der Waals surface area contributed by atoms with Crippen molar-refractivity contribution in [2.75, 3.05) is 35.0 Å². The van der Waals surface area contributed by atoms with Crippen LogP contribution in [0.1, 0.15) is 46.4 Å². The van der Waals surface area contributed by atoms with Gasteiger partial charge in [0, 0.05) is 24.7 Å². The third-order valence-electron chi connectivity index (χ3n) is 7.04. The van der Waals surface area contributed by atoms with E-state index in [1.165, 1.54) is 11.1 Å². The van der Waals surface area contributed by atoms with E-state index in [4.69, 9.17) is 18.9 Å². The van der Waals surface area contributed by atoms with Crippen LogP contribution in [0.15, 0.2) is 60.7 Å². The number of hydrogen-bond donors (Lipinski definition) is 1. The van der Waals surface area contributed by atoms with Crippen LogP contribution in [-0.4, -0.2) is 51.8 Å². The Labute approximate surface area is 219 Å². The Kier molecular flexibility index (Phi) is 8.56. The molecule has 0 saturated carbocycles. The highest BCUT2D eigenvalue weighted by Gasteiger charge is 2.35. The maximum absolute atomic E-state index is 13.4. The van der Waals surface area contributed by atoms with Crippen molar-refractivity contribution in [1.29, 1.82) is 0 Å². The van der Waals surface area contributed by atoms with Gasteiger partial charge in [0.2, 0.25) is 0 Å². The first kappa shape index (κ1) is 26.4. The van der Waals surface area contributed by atoms with E-state index in [1.807, 2.05) is 30.3 Å². The van der Waals surface area contributed by atoms with E-state index in [0.29, 0.717) is 17.1 Å². The summed E-state index contributed by atoms with van der Waals surface area (Å²) < 4.78 is 21.9. The Hall–Kier alpha value is -3.71. The lowest BCUT2D eigenvalue weighted by molar-refractivity contribution is 0.0858. The first-order chi connectivity index (χ1) is 18.0. The van der Waals surface area contributed by atoms with Crippen molar-refractivity contribution in [2.45, 2.75) is 38.4 Å². The van der Waals surface area contributed by atoms with Crippen molar-refractivity contribution in [3.05, 3.63) is 82.9 Å². The van der Waals surface area contributed by atoms with Gasteiger partial charge in [0.25, 0.3) is 5.91 Å². The Morgan fingerprint density at radius 3 is 2.27 bits per heavy atom. The molecule has 0 bridgehead atoms. The molecule has 7 heteroatoms. The fraction of sp³-hybridized carbons (Fsp3) is 0.367. The lowest BCUT2D eigenvalue weighted by Gasteiger charge is -2.42. The van der Waals surface area contributed by atoms with Crippen molar-refractivity contribution in [2.24, 2.45) is 0 Å². The summed E-state index contributed by atoms with van der Waals surface area (Å²) >= 11 is 0. The molecule has 1 heterocycles. The summed E-state index contributed by atoms with van der Waals surface area (Å²) in [4.78, 5) is 15.8. The fourth-order valence-corrected chi connectivity index (χ4v) is 5.06. The largest absolute Gasteiger partial charge is 0.497 e. The topological polar surface area (TPSA) is 69.3 Å². The van der Waals surface area contributed by atoms with Crippen molar-refractivity contribution in [1.82, 2.24) is 10.2 Å². The second kappa shape index (κ2) is 12.0. The van der Waals surface area contributed by atoms with Crippen LogP contribution in [0.5, 0.6) is 23.0 Å². The van der Waals surface area contributed by atoms with Crippen LogP contribution >= 0.6 is 0 Å². The normalized spacial score (nSPS) is 15.9. The highest BCUT2D eigenvalue weighted by molar-refractivity contribution is 5.94. The number of nitrogens with one attached hydrogen (secondary N) is 1. The average molecular weight is 505 g/mol. The summed E-state index contributed by atoms with van der Waals surface area (Å²) in [5.41, 5.74) is 4.12. The Morgan fingerprint density at radius 2 is 1.62 bits per heavy atom. The van der Waals surface area contributed by atoms with E-state index in [2.05, 4.69) is 41.4 Å². The molecule has 0 radical (unpaired) electrons. The van der Waals surface area contributed by atoms with E-state index in [0.717, 1.165) is 43.0 Å². The van der Waals surface area contributed by atoms with Gasteiger partial charge in [-0.2, -0.15) is 0 Å². The van der Waals surface area contributed by atoms with Gasteiger partial charge in [0.05, 0.1) is 34.5 Å². The summed E-state index contributed by atoms with van der Waals surface area (Å²) in [7, 11) is 6.58. The molecule has 196 valence electrons. The molecule has 0 saturated heterocycles. The van der Waals surface area contributed by atoms with Crippen LogP contribution in [0, 0.1) is 0 Å². The number of ether oxygens (including phenoxy) is 4. The molecule has 2 unspecified atom stereocenters. The predicted octanol–water partition coefficient (Wildman–Crippen LogP) is 5.03. The van der Waals surface area contributed by atoms with Crippen LogP contribution in [0.25, 0.3) is 0 Å². The SMILES string of the molecule is CCC(NC(=O)c1cccc(OC)c1)C1c2cc(OC)c(OC)cc2CCN1Cc1ccc(OC)cc1. The minimum absolute atomic E-state index is 0.0507. The molecule has 0 fully saturated rings. The first-order valence-corrected chi connectivity index (χ1v) is 12.6. The predicted molar refractivity (Wildman–Crippen MR) is 144 cm³/mol. The third-order valence-corrected chi connectivity index (χ3v) is 7.04. The summed E-state index contributed by atoms with van der Waals surface area (Å²) in [6.45, 7) is 3.70. The first-order valence-electron chi connectivity index (χ1n) is 12.6. The highest BCUT2D eigenvalue weighted by atomic mass is 16.5. The average Bonchev–Trinajstić information content (AvgIpc) is 2.95. The number of benzene rings is 3. The van der Waals surface area contributed by atoms with Gasteiger partial charge in [-0.1, -0.05) is 25.1 Å². The lowest BCUT2D eigenvalue weighted by Crippen LogP contribution is -2.48. The molecule has 1 N–H and O–H groups in total. The summed E-state index contributed by atoms with van der Waals surface area (Å²) in [6.07, 6.45) is 1.63. The van der Waals surface area contributed by atoms with Gasteiger partial charge in [-0.3, -0.25) is 9.69 Å². The van der Waals surface area contributed by atoms with Gasteiger partial charge in [0.15, 0.2) is 11.5 Å². The van der Waals surface area contributed by atoms with Gasteiger partial charge in [0.1, 0.15) is 11.5 Å². The minimum atomic E-state index is -0.130. The number of fused-ring (bicyclic) bond motifs is 1. The molecule has 37 heavy (non-hydrogen) atoms. The van der Waals surface area contributed by atoms with Crippen molar-refractivity contribution >= 4 is 5.91 Å². The standard InChI is InChI=1S/C30H36N2O5/c1-6-26(31-30(33)22-8-7-9-24(16-22)35-3)29-25-18-28(37-5)27(36-4)17-21(25)14-15-32(29)19-20-10-12-23(34-2)13-11-20/h7-13,16-18,26,29H,6,14-15,19H2,1-5H3,(H,31,33). The number of hydrogen-bond acceptors (Lipinski definition) is 6. The maximum Gasteiger partial charge on any atom is 0.251 e. The molecule has 1 amide bonds. The molecule has 2 atom stereocenters. The monoisotopic (exact) mass is 504 g/mol. The summed E-state index contributed by atoms with van der Waals surface area (Å²) in [5.74, 6) is 2.77. The number of amides is 1.